The first-order valence-electron chi connectivity index (χ1n) is 32.3. The molecule has 0 rings (SSSR count). The molecule has 83 heavy (non-hydrogen) atoms. The van der Waals surface area contributed by atoms with Gasteiger partial charge in [0.05, 0.1) is 40.3 Å². The molecule has 0 spiro atoms. The highest BCUT2D eigenvalue weighted by atomic mass is 16.7. The van der Waals surface area contributed by atoms with E-state index < -0.39 is 24.3 Å². The number of carboxylic acid groups (broad SMARTS) is 1. The molecule has 0 fully saturated rings. The lowest BCUT2D eigenvalue weighted by atomic mass is 10.1. The second-order valence-electron chi connectivity index (χ2n) is 22.0. The highest BCUT2D eigenvalue weighted by Crippen LogP contribution is 2.13. The highest BCUT2D eigenvalue weighted by Gasteiger charge is 2.22. The zero-order valence-electron chi connectivity index (χ0n) is 53.0. The van der Waals surface area contributed by atoms with Crippen LogP contribution in [0.25, 0.3) is 0 Å². The molecule has 0 saturated heterocycles. The van der Waals surface area contributed by atoms with Crippen LogP contribution in [-0.4, -0.2) is 82.3 Å². The summed E-state index contributed by atoms with van der Waals surface area (Å²) < 4.78 is 22.7. The zero-order chi connectivity index (χ0) is 60.5. The van der Waals surface area contributed by atoms with Gasteiger partial charge in [-0.3, -0.25) is 9.59 Å². The van der Waals surface area contributed by atoms with Crippen molar-refractivity contribution < 1.29 is 42.9 Å². The van der Waals surface area contributed by atoms with Crippen molar-refractivity contribution in [1.29, 1.82) is 0 Å². The third-order valence-electron chi connectivity index (χ3n) is 12.9. The predicted molar refractivity (Wildman–Crippen MR) is 351 cm³/mol. The van der Waals surface area contributed by atoms with E-state index in [1.807, 2.05) is 21.1 Å². The third-order valence-corrected chi connectivity index (χ3v) is 12.9. The molecule has 9 nitrogen and oxygen atoms in total. The number of carbonyl (C=O) groups is 3. The van der Waals surface area contributed by atoms with Crippen molar-refractivity contribution in [3.8, 4) is 0 Å². The Labute approximate surface area is 507 Å². The summed E-state index contributed by atoms with van der Waals surface area (Å²) in [5, 5.41) is 11.8. The average molecular weight is 1150 g/mol. The quantitative estimate of drug-likeness (QED) is 0.0195. The van der Waals surface area contributed by atoms with E-state index >= 15 is 0 Å². The number of nitrogens with zero attached hydrogens (tertiary/aromatic N) is 1. The lowest BCUT2D eigenvalue weighted by molar-refractivity contribution is -0.870. The van der Waals surface area contributed by atoms with Gasteiger partial charge >= 0.3 is 11.9 Å². The average Bonchev–Trinajstić information content (AvgIpc) is 3.46. The van der Waals surface area contributed by atoms with Crippen LogP contribution in [0.5, 0.6) is 0 Å². The van der Waals surface area contributed by atoms with Crippen molar-refractivity contribution in [2.24, 2.45) is 0 Å². The predicted octanol–water partition coefficient (Wildman–Crippen LogP) is 18.6. The Kier molecular flexibility index (Phi) is 58.6. The Morgan fingerprint density at radius 2 is 0.687 bits per heavy atom. The molecule has 0 aromatic heterocycles. The summed E-state index contributed by atoms with van der Waals surface area (Å²) in [6.45, 7) is 4.54. The van der Waals surface area contributed by atoms with Gasteiger partial charge in [0.15, 0.2) is 12.4 Å². The number of rotatable bonds is 57. The van der Waals surface area contributed by atoms with Gasteiger partial charge in [-0.05, 0) is 135 Å². The largest absolute Gasteiger partial charge is 0.545 e. The van der Waals surface area contributed by atoms with Crippen molar-refractivity contribution in [1.82, 2.24) is 0 Å². The second-order valence-corrected chi connectivity index (χ2v) is 22.0. The fraction of sp³-hybridized carbons (Fsp3) is 0.581. The summed E-state index contributed by atoms with van der Waals surface area (Å²) in [5.74, 6) is -2.35. The molecular formula is C74H117NO8. The summed E-state index contributed by atoms with van der Waals surface area (Å²) >= 11 is 0. The van der Waals surface area contributed by atoms with Gasteiger partial charge in [-0.15, -0.1) is 0 Å². The molecule has 0 amide bonds. The molecule has 0 aromatic rings. The number of carboxylic acids is 1. The second kappa shape index (κ2) is 62.7. The van der Waals surface area contributed by atoms with Crippen molar-refractivity contribution >= 4 is 17.9 Å². The van der Waals surface area contributed by atoms with Gasteiger partial charge in [0.25, 0.3) is 0 Å². The summed E-state index contributed by atoms with van der Waals surface area (Å²) in [6.07, 6.45) is 91.3. The molecule has 466 valence electrons. The lowest BCUT2D eigenvalue weighted by Crippen LogP contribution is -2.44. The third kappa shape index (κ3) is 64.1. The molecular weight excluding hydrogens is 1030 g/mol. The van der Waals surface area contributed by atoms with Crippen LogP contribution >= 0.6 is 0 Å². The maximum atomic E-state index is 12.9. The Hall–Kier alpha value is -5.35. The molecule has 9 heteroatoms. The maximum Gasteiger partial charge on any atom is 0.306 e. The molecule has 0 saturated carbocycles. The van der Waals surface area contributed by atoms with Gasteiger partial charge in [-0.2, -0.15) is 0 Å². The highest BCUT2D eigenvalue weighted by molar-refractivity contribution is 5.70. The smallest absolute Gasteiger partial charge is 0.306 e. The van der Waals surface area contributed by atoms with Crippen LogP contribution in [0, 0.1) is 0 Å². The standard InChI is InChI=1S/C74H117NO8/c1-6-8-10-12-14-16-18-20-22-24-25-26-27-28-29-30-31-32-33-34-35-36-37-38-39-40-41-42-43-44-45-46-47-49-51-53-55-57-59-61-63-65-72(77)83-70(69-82-74(73(78)79)80-67-66-75(3,4)5)68-81-71(76)64-62-60-58-56-54-52-50-48-23-21-19-17-15-13-11-9-7-2/h8,10,14-17,20-23,25-26,28-29,31-32,34-35,37-38,40-41,43-44,46-47,51,53,70,74H,6-7,9,11-13,18-19,24,27,30,33,36,39,42,45,48-50,52,54-69H2,1-5H3/b10-8-,16-14-,17-15-,22-20-,23-21-,26-25-,29-28-,32-31-,35-34-,38-37-,41-40-,44-43-,47-46-,53-51-. The Bertz CT molecular complexity index is 1960. The van der Waals surface area contributed by atoms with Crippen LogP contribution in [0.15, 0.2) is 170 Å². The number of carbonyl (C=O) groups excluding carboxylic acids is 3. The summed E-state index contributed by atoms with van der Waals surface area (Å²) in [7, 11) is 5.90. The van der Waals surface area contributed by atoms with Crippen molar-refractivity contribution in [2.45, 2.75) is 232 Å². The molecule has 0 bridgehead atoms. The number of esters is 2. The lowest BCUT2D eigenvalue weighted by Gasteiger charge is -2.26. The van der Waals surface area contributed by atoms with Crippen molar-refractivity contribution in [2.75, 3.05) is 47.5 Å². The van der Waals surface area contributed by atoms with Crippen LogP contribution in [0.1, 0.15) is 219 Å². The number of allylic oxidation sites excluding steroid dienone is 28. The van der Waals surface area contributed by atoms with Crippen LogP contribution in [0.3, 0.4) is 0 Å². The van der Waals surface area contributed by atoms with Crippen molar-refractivity contribution in [3.63, 3.8) is 0 Å². The molecule has 2 atom stereocenters. The van der Waals surface area contributed by atoms with Gasteiger partial charge in [0, 0.05) is 12.8 Å². The Morgan fingerprint density at radius 1 is 0.373 bits per heavy atom. The van der Waals surface area contributed by atoms with E-state index in [1.54, 1.807) is 0 Å². The minimum Gasteiger partial charge on any atom is -0.545 e. The van der Waals surface area contributed by atoms with Gasteiger partial charge < -0.3 is 33.3 Å². The van der Waals surface area contributed by atoms with E-state index in [0.717, 1.165) is 141 Å². The van der Waals surface area contributed by atoms with E-state index in [2.05, 4.69) is 184 Å². The molecule has 0 aliphatic rings. The van der Waals surface area contributed by atoms with Gasteiger partial charge in [-0.1, -0.05) is 242 Å². The number of hydrogen-bond acceptors (Lipinski definition) is 8. The minimum absolute atomic E-state index is 0.132. The first-order chi connectivity index (χ1) is 40.6. The Morgan fingerprint density at radius 3 is 1.02 bits per heavy atom. The van der Waals surface area contributed by atoms with E-state index in [1.165, 1.54) is 44.9 Å². The molecule has 0 aromatic carbocycles. The first-order valence-corrected chi connectivity index (χ1v) is 32.3. The summed E-state index contributed by atoms with van der Waals surface area (Å²) in [6, 6.07) is 0. The van der Waals surface area contributed by atoms with Crippen LogP contribution in [0.2, 0.25) is 0 Å². The van der Waals surface area contributed by atoms with E-state index in [4.69, 9.17) is 18.9 Å². The molecule has 2 unspecified atom stereocenters. The van der Waals surface area contributed by atoms with E-state index in [9.17, 15) is 19.5 Å². The zero-order valence-corrected chi connectivity index (χ0v) is 53.0. The molecule has 0 radical (unpaired) electrons. The van der Waals surface area contributed by atoms with Gasteiger partial charge in [0.1, 0.15) is 13.2 Å². The number of aliphatic carboxylic acids is 1. The molecule has 0 heterocycles. The van der Waals surface area contributed by atoms with Gasteiger partial charge in [0.2, 0.25) is 0 Å². The topological polar surface area (TPSA) is 111 Å². The normalized spacial score (nSPS) is 13.9. The van der Waals surface area contributed by atoms with Crippen LogP contribution in [0.4, 0.5) is 0 Å². The number of unbranched alkanes of at least 4 members (excludes halogenated alkanes) is 14. The minimum atomic E-state index is -1.64. The fourth-order valence-electron chi connectivity index (χ4n) is 8.02. The van der Waals surface area contributed by atoms with Gasteiger partial charge in [-0.25, -0.2) is 0 Å². The monoisotopic (exact) mass is 1150 g/mol. The van der Waals surface area contributed by atoms with Crippen molar-refractivity contribution in [3.05, 3.63) is 170 Å². The first kappa shape index (κ1) is 77.7. The molecule has 0 aliphatic heterocycles. The number of likely N-dealkylation sites (N-methyl/N-ethyl adjacent to an activating group) is 1. The van der Waals surface area contributed by atoms with E-state index in [-0.39, 0.29) is 38.6 Å². The summed E-state index contributed by atoms with van der Waals surface area (Å²) in [5.41, 5.74) is 0. The fourth-order valence-corrected chi connectivity index (χ4v) is 8.02. The molecule has 0 aliphatic carbocycles. The maximum absolute atomic E-state index is 12.9. The number of hydrogen-bond donors (Lipinski definition) is 0. The summed E-state index contributed by atoms with van der Waals surface area (Å²) in [4.78, 5) is 37.3. The number of quaternary nitrogens is 1. The van der Waals surface area contributed by atoms with E-state index in [0.29, 0.717) is 17.4 Å². The Balaban J connectivity index is 4.26. The van der Waals surface area contributed by atoms with Crippen LogP contribution < -0.4 is 5.11 Å². The number of ether oxygens (including phenoxy) is 4. The van der Waals surface area contributed by atoms with Crippen LogP contribution in [-0.2, 0) is 33.3 Å². The molecule has 0 N–H and O–H groups in total. The SMILES string of the molecule is CC/C=C\C/C=C\C/C=C\C/C=C\C/C=C\C/C=C\C/C=C\C/C=C\C/C=C\C/C=C\C/C=C\C/C=C\CCCCCCC(=O)OC(COC(=O)CCCCCCCCC/C=C\C/C=C\CCCCC)COC(OCC[N+](C)(C)C)C(=O)[O-].